The molecule has 0 spiro atoms. The summed E-state index contributed by atoms with van der Waals surface area (Å²) < 4.78 is 12.4. The maximum absolute atomic E-state index is 12.8. The van der Waals surface area contributed by atoms with E-state index >= 15 is 0 Å². The molecule has 1 aromatic carbocycles. The summed E-state index contributed by atoms with van der Waals surface area (Å²) in [7, 11) is 0. The largest absolute Gasteiger partial charge is 0.390 e. The van der Waals surface area contributed by atoms with Crippen molar-refractivity contribution in [3.05, 3.63) is 36.4 Å². The van der Waals surface area contributed by atoms with Crippen LogP contribution in [-0.4, -0.2) is 74.9 Å². The third-order valence-electron chi connectivity index (χ3n) is 7.77. The Morgan fingerprint density at radius 1 is 1.24 bits per heavy atom. The van der Waals surface area contributed by atoms with Gasteiger partial charge in [-0.1, -0.05) is 17.4 Å². The molecule has 3 atom stereocenters. The third-order valence-corrected chi connectivity index (χ3v) is 8.71. The van der Waals surface area contributed by atoms with Crippen LogP contribution in [-0.2, 0) is 20.9 Å². The van der Waals surface area contributed by atoms with Crippen molar-refractivity contribution in [1.29, 1.82) is 0 Å². The lowest BCUT2D eigenvalue weighted by molar-refractivity contribution is -0.126. The number of morpholine rings is 1. The highest BCUT2D eigenvalue weighted by Gasteiger charge is 2.39. The molecule has 1 amide bonds. The first-order valence-electron chi connectivity index (χ1n) is 13.2. The van der Waals surface area contributed by atoms with Crippen LogP contribution in [0.4, 0.5) is 5.13 Å². The van der Waals surface area contributed by atoms with E-state index < -0.39 is 0 Å². The van der Waals surface area contributed by atoms with Gasteiger partial charge >= 0.3 is 0 Å². The van der Waals surface area contributed by atoms with Gasteiger partial charge in [0, 0.05) is 43.0 Å². The summed E-state index contributed by atoms with van der Waals surface area (Å²) in [6.07, 6.45) is 7.82. The van der Waals surface area contributed by atoms with Crippen LogP contribution in [0.25, 0.3) is 21.3 Å². The van der Waals surface area contributed by atoms with Crippen LogP contribution in [0.3, 0.4) is 0 Å². The van der Waals surface area contributed by atoms with Gasteiger partial charge in [-0.25, -0.2) is 15.0 Å². The Balaban J connectivity index is 1.04. The highest BCUT2D eigenvalue weighted by atomic mass is 32.1. The minimum atomic E-state index is -0.385. The van der Waals surface area contributed by atoms with Crippen LogP contribution in [0.15, 0.2) is 30.6 Å². The topological polar surface area (TPSA) is 110 Å². The van der Waals surface area contributed by atoms with Crippen molar-refractivity contribution in [3.63, 3.8) is 0 Å². The van der Waals surface area contributed by atoms with E-state index in [0.29, 0.717) is 23.6 Å². The Kier molecular flexibility index (Phi) is 7.18. The number of benzene rings is 1. The normalized spacial score (nSPS) is 28.3. The zero-order valence-electron chi connectivity index (χ0n) is 21.0. The number of fused-ring (bicyclic) bond motifs is 1. The maximum Gasteiger partial charge on any atom is 0.229 e. The van der Waals surface area contributed by atoms with Crippen molar-refractivity contribution in [2.45, 2.75) is 70.0 Å². The number of anilines is 1. The molecule has 10 heteroatoms. The molecule has 0 radical (unpaired) electrons. The summed E-state index contributed by atoms with van der Waals surface area (Å²) in [4.78, 5) is 28.8. The summed E-state index contributed by atoms with van der Waals surface area (Å²) in [5.41, 5.74) is 2.76. The predicted octanol–water partition coefficient (Wildman–Crippen LogP) is 3.62. The first-order chi connectivity index (χ1) is 18.0. The van der Waals surface area contributed by atoms with Gasteiger partial charge in [0.15, 0.2) is 11.0 Å². The second-order valence-corrected chi connectivity index (χ2v) is 11.5. The van der Waals surface area contributed by atoms with Crippen molar-refractivity contribution < 1.29 is 19.4 Å². The number of rotatable bonds is 7. The lowest BCUT2D eigenvalue weighted by Gasteiger charge is -2.44. The number of hydrogen-bond acceptors (Lipinski definition) is 9. The zero-order valence-corrected chi connectivity index (χ0v) is 21.8. The molecular weight excluding hydrogens is 490 g/mol. The number of amides is 1. The molecule has 0 unspecified atom stereocenters. The molecule has 9 nitrogen and oxygen atoms in total. The van der Waals surface area contributed by atoms with Gasteiger partial charge < -0.3 is 19.9 Å². The average molecular weight is 524 g/mol. The highest BCUT2D eigenvalue weighted by Crippen LogP contribution is 2.35. The standard InChI is InChI=1S/C27H33N5O4S/c1-16-14-32(7-8-35-16)20-9-18(10-20)26(34)31-27-30-21-6-5-17(11-24(21)37-27)19-12-28-25(29-13-19)15-36-23-4-2-3-22(23)33/h5-6,11-13,16,18,20,22-23,33H,2-4,7-10,14-15H2,1H3,(H,30,31,34)/t16-,18?,20?,22-,23-/m0/s1. The van der Waals surface area contributed by atoms with Gasteiger partial charge in [-0.2, -0.15) is 0 Å². The fourth-order valence-electron chi connectivity index (χ4n) is 5.50. The first kappa shape index (κ1) is 24.8. The SMILES string of the molecule is C[C@H]1CN(C2CC(C(=O)Nc3nc4ccc(-c5cnc(CO[C@H]6CCC[C@@H]6O)nc5)cc4s3)C2)CCO1. The summed E-state index contributed by atoms with van der Waals surface area (Å²) >= 11 is 1.49. The fourth-order valence-corrected chi connectivity index (χ4v) is 6.41. The van der Waals surface area contributed by atoms with E-state index in [2.05, 4.69) is 38.2 Å². The second kappa shape index (κ2) is 10.7. The van der Waals surface area contributed by atoms with Crippen LogP contribution < -0.4 is 5.32 Å². The van der Waals surface area contributed by atoms with E-state index in [4.69, 9.17) is 9.47 Å². The monoisotopic (exact) mass is 523 g/mol. The van der Waals surface area contributed by atoms with Gasteiger partial charge in [0.1, 0.15) is 6.61 Å². The van der Waals surface area contributed by atoms with Crippen molar-refractivity contribution in [3.8, 4) is 11.1 Å². The van der Waals surface area contributed by atoms with Gasteiger partial charge in [-0.3, -0.25) is 9.69 Å². The number of nitrogens with zero attached hydrogens (tertiary/aromatic N) is 4. The quantitative estimate of drug-likeness (QED) is 0.483. The summed E-state index contributed by atoms with van der Waals surface area (Å²) in [5.74, 6) is 0.712. The van der Waals surface area contributed by atoms with E-state index in [1.165, 1.54) is 11.3 Å². The Hall–Kier alpha value is -2.50. The van der Waals surface area contributed by atoms with Gasteiger partial charge in [0.25, 0.3) is 0 Å². The summed E-state index contributed by atoms with van der Waals surface area (Å²) in [5, 5.41) is 13.6. The van der Waals surface area contributed by atoms with E-state index in [-0.39, 0.29) is 30.1 Å². The van der Waals surface area contributed by atoms with Crippen LogP contribution in [0.1, 0.15) is 44.9 Å². The molecule has 2 aromatic heterocycles. The molecule has 2 saturated carbocycles. The number of hydrogen-bond donors (Lipinski definition) is 2. The molecule has 2 N–H and O–H groups in total. The Morgan fingerprint density at radius 2 is 2.08 bits per heavy atom. The van der Waals surface area contributed by atoms with E-state index in [0.717, 1.165) is 73.1 Å². The number of carbonyl (C=O) groups excluding carboxylic acids is 1. The molecule has 3 heterocycles. The maximum atomic E-state index is 12.8. The van der Waals surface area contributed by atoms with E-state index in [9.17, 15) is 9.90 Å². The number of thiazole rings is 1. The molecule has 3 aromatic rings. The zero-order chi connectivity index (χ0) is 25.4. The third kappa shape index (κ3) is 5.53. The van der Waals surface area contributed by atoms with Crippen molar-refractivity contribution in [1.82, 2.24) is 19.9 Å². The molecule has 37 heavy (non-hydrogen) atoms. The molecule has 0 bridgehead atoms. The molecular formula is C27H33N5O4S. The van der Waals surface area contributed by atoms with Crippen molar-refractivity contribution in [2.75, 3.05) is 25.0 Å². The molecule has 2 aliphatic carbocycles. The lowest BCUT2D eigenvalue weighted by atomic mass is 9.78. The summed E-state index contributed by atoms with van der Waals surface area (Å²) in [6, 6.07) is 6.51. The molecule has 3 aliphatic rings. The predicted molar refractivity (Wildman–Crippen MR) is 141 cm³/mol. The fraction of sp³-hybridized carbons (Fsp3) is 0.556. The molecule has 1 aliphatic heterocycles. The molecule has 196 valence electrons. The van der Waals surface area contributed by atoms with Gasteiger partial charge in [0.05, 0.1) is 35.1 Å². The first-order valence-corrected chi connectivity index (χ1v) is 14.0. The van der Waals surface area contributed by atoms with Crippen LogP contribution in [0, 0.1) is 5.92 Å². The minimum Gasteiger partial charge on any atom is -0.390 e. The van der Waals surface area contributed by atoms with Crippen LogP contribution >= 0.6 is 11.3 Å². The smallest absolute Gasteiger partial charge is 0.229 e. The number of nitrogens with one attached hydrogen (secondary N) is 1. The highest BCUT2D eigenvalue weighted by molar-refractivity contribution is 7.22. The Morgan fingerprint density at radius 3 is 2.84 bits per heavy atom. The Bertz CT molecular complexity index is 1250. The minimum absolute atomic E-state index is 0.0438. The molecule has 3 fully saturated rings. The molecule has 1 saturated heterocycles. The van der Waals surface area contributed by atoms with Crippen molar-refractivity contribution in [2.24, 2.45) is 5.92 Å². The number of aliphatic hydroxyl groups is 1. The summed E-state index contributed by atoms with van der Waals surface area (Å²) in [6.45, 7) is 5.08. The van der Waals surface area contributed by atoms with Crippen LogP contribution in [0.5, 0.6) is 0 Å². The van der Waals surface area contributed by atoms with Gasteiger partial charge in [-0.15, -0.1) is 0 Å². The number of carbonyl (C=O) groups is 1. The van der Waals surface area contributed by atoms with E-state index in [1.54, 1.807) is 12.4 Å². The van der Waals surface area contributed by atoms with Gasteiger partial charge in [-0.05, 0) is 56.7 Å². The second-order valence-electron chi connectivity index (χ2n) is 10.4. The van der Waals surface area contributed by atoms with Crippen molar-refractivity contribution >= 4 is 32.6 Å². The number of ether oxygens (including phenoxy) is 2. The lowest BCUT2D eigenvalue weighted by Crippen LogP contribution is -2.53. The van der Waals surface area contributed by atoms with E-state index in [1.807, 2.05) is 12.1 Å². The molecule has 6 rings (SSSR count). The Labute approximate surface area is 220 Å². The van der Waals surface area contributed by atoms with Gasteiger partial charge in [0.2, 0.25) is 5.91 Å². The average Bonchev–Trinajstić information content (AvgIpc) is 3.46. The number of aliphatic hydroxyl groups excluding tert-OH is 1. The number of aromatic nitrogens is 3. The van der Waals surface area contributed by atoms with Crippen LogP contribution in [0.2, 0.25) is 0 Å².